The number of nitrogens with zero attached hydrogens (tertiary/aromatic N) is 2. The first kappa shape index (κ1) is 16.0. The lowest BCUT2D eigenvalue weighted by Crippen LogP contribution is -2.33. The molecule has 2 unspecified atom stereocenters. The van der Waals surface area contributed by atoms with E-state index in [2.05, 4.69) is 22.1 Å². The van der Waals surface area contributed by atoms with Crippen LogP contribution in [0.2, 0.25) is 0 Å². The van der Waals surface area contributed by atoms with Gasteiger partial charge in [-0.25, -0.2) is 9.97 Å². The predicted octanol–water partition coefficient (Wildman–Crippen LogP) is 3.56. The maximum Gasteiger partial charge on any atom is 0.200 e. The van der Waals surface area contributed by atoms with Crippen molar-refractivity contribution in [2.75, 3.05) is 6.61 Å². The molecular formula is C20H20N2O3. The van der Waals surface area contributed by atoms with Crippen molar-refractivity contribution in [2.45, 2.75) is 31.7 Å². The van der Waals surface area contributed by atoms with Gasteiger partial charge in [0.15, 0.2) is 6.29 Å². The minimum atomic E-state index is -0.283. The largest absolute Gasteiger partial charge is 0.465 e. The topological polar surface area (TPSA) is 64.5 Å². The van der Waals surface area contributed by atoms with Crippen molar-refractivity contribution >= 4 is 10.9 Å². The third-order valence-electron chi connectivity index (χ3n) is 4.47. The number of benzene rings is 2. The molecule has 128 valence electrons. The second kappa shape index (κ2) is 7.17. The monoisotopic (exact) mass is 336 g/mol. The van der Waals surface area contributed by atoms with Gasteiger partial charge in [0.1, 0.15) is 12.1 Å². The molecule has 0 saturated carbocycles. The summed E-state index contributed by atoms with van der Waals surface area (Å²) in [7, 11) is 0. The summed E-state index contributed by atoms with van der Waals surface area (Å²) in [5.74, 6) is 0.775. The van der Waals surface area contributed by atoms with Crippen LogP contribution in [-0.2, 0) is 4.74 Å². The van der Waals surface area contributed by atoms with Gasteiger partial charge in [0, 0.05) is 18.0 Å². The lowest BCUT2D eigenvalue weighted by atomic mass is 10.0. The summed E-state index contributed by atoms with van der Waals surface area (Å²) in [6.07, 6.45) is 5.73. The number of aliphatic hydroxyl groups excluding tert-OH is 1. The van der Waals surface area contributed by atoms with Gasteiger partial charge in [-0.15, -0.1) is 0 Å². The van der Waals surface area contributed by atoms with E-state index in [1.54, 1.807) is 6.33 Å². The first-order valence-electron chi connectivity index (χ1n) is 8.55. The molecule has 0 spiro atoms. The fourth-order valence-corrected chi connectivity index (χ4v) is 3.13. The zero-order valence-electron chi connectivity index (χ0n) is 13.8. The van der Waals surface area contributed by atoms with Crippen LogP contribution in [0.4, 0.5) is 0 Å². The number of aromatic nitrogens is 2. The molecule has 5 nitrogen and oxygen atoms in total. The number of fused-ring (bicyclic) bond motifs is 1. The van der Waals surface area contributed by atoms with Gasteiger partial charge >= 0.3 is 0 Å². The molecule has 1 N–H and O–H groups in total. The number of hydrogen-bond acceptors (Lipinski definition) is 5. The summed E-state index contributed by atoms with van der Waals surface area (Å²) in [6.45, 7) is 0.0461. The predicted molar refractivity (Wildman–Crippen MR) is 95.2 cm³/mol. The molecule has 1 saturated heterocycles. The van der Waals surface area contributed by atoms with E-state index < -0.39 is 0 Å². The number of aliphatic hydroxyl groups is 1. The molecule has 25 heavy (non-hydrogen) atoms. The van der Waals surface area contributed by atoms with Crippen LogP contribution in [0.1, 0.15) is 19.3 Å². The SMILES string of the molecule is OCC1CCCC(Oc2ccc(-c3ccc4ncncc4c3)cc2)O1. The van der Waals surface area contributed by atoms with Gasteiger partial charge in [-0.1, -0.05) is 18.2 Å². The van der Waals surface area contributed by atoms with Gasteiger partial charge in [-0.05, 0) is 48.2 Å². The lowest BCUT2D eigenvalue weighted by Gasteiger charge is -2.29. The van der Waals surface area contributed by atoms with Gasteiger partial charge in [0.25, 0.3) is 0 Å². The van der Waals surface area contributed by atoms with E-state index in [4.69, 9.17) is 9.47 Å². The fraction of sp³-hybridized carbons (Fsp3) is 0.300. The van der Waals surface area contributed by atoms with Crippen LogP contribution in [0, 0.1) is 0 Å². The summed E-state index contributed by atoms with van der Waals surface area (Å²) >= 11 is 0. The Morgan fingerprint density at radius 1 is 1.08 bits per heavy atom. The van der Waals surface area contributed by atoms with Crippen molar-refractivity contribution in [2.24, 2.45) is 0 Å². The molecule has 1 aliphatic heterocycles. The third-order valence-corrected chi connectivity index (χ3v) is 4.47. The molecule has 2 aromatic carbocycles. The molecule has 1 fully saturated rings. The van der Waals surface area contributed by atoms with Crippen molar-refractivity contribution in [1.82, 2.24) is 9.97 Å². The Labute approximate surface area is 146 Å². The van der Waals surface area contributed by atoms with Crippen LogP contribution in [0.3, 0.4) is 0 Å². The Hall–Kier alpha value is -2.50. The third kappa shape index (κ3) is 3.62. The van der Waals surface area contributed by atoms with Crippen molar-refractivity contribution in [3.8, 4) is 16.9 Å². The molecule has 5 heteroatoms. The second-order valence-corrected chi connectivity index (χ2v) is 6.24. The molecule has 0 radical (unpaired) electrons. The minimum absolute atomic E-state index is 0.0461. The molecule has 4 rings (SSSR count). The Morgan fingerprint density at radius 2 is 1.92 bits per heavy atom. The van der Waals surface area contributed by atoms with E-state index in [1.165, 1.54) is 0 Å². The van der Waals surface area contributed by atoms with Crippen molar-refractivity contribution < 1.29 is 14.6 Å². The quantitative estimate of drug-likeness (QED) is 0.789. The van der Waals surface area contributed by atoms with Gasteiger partial charge in [0.2, 0.25) is 0 Å². The van der Waals surface area contributed by atoms with Crippen molar-refractivity contribution in [3.63, 3.8) is 0 Å². The van der Waals surface area contributed by atoms with E-state index in [0.29, 0.717) is 0 Å². The van der Waals surface area contributed by atoms with Gasteiger partial charge in [-0.3, -0.25) is 0 Å². The van der Waals surface area contributed by atoms with Crippen molar-refractivity contribution in [3.05, 3.63) is 55.0 Å². The van der Waals surface area contributed by atoms with Crippen LogP contribution in [0.25, 0.3) is 22.0 Å². The summed E-state index contributed by atoms with van der Waals surface area (Å²) < 4.78 is 11.6. The smallest absolute Gasteiger partial charge is 0.200 e. The molecule has 1 aliphatic rings. The molecule has 0 aliphatic carbocycles. The summed E-state index contributed by atoms with van der Waals surface area (Å²) in [4.78, 5) is 8.32. The highest BCUT2D eigenvalue weighted by molar-refractivity contribution is 5.83. The average molecular weight is 336 g/mol. The molecule has 3 aromatic rings. The molecule has 1 aromatic heterocycles. The first-order chi connectivity index (χ1) is 12.3. The van der Waals surface area contributed by atoms with Crippen LogP contribution >= 0.6 is 0 Å². The second-order valence-electron chi connectivity index (χ2n) is 6.24. The average Bonchev–Trinajstić information content (AvgIpc) is 2.68. The molecule has 0 amide bonds. The zero-order valence-corrected chi connectivity index (χ0v) is 13.8. The Bertz CT molecular complexity index is 851. The van der Waals surface area contributed by atoms with E-state index in [-0.39, 0.29) is 19.0 Å². The Kier molecular flexibility index (Phi) is 4.59. The van der Waals surface area contributed by atoms with Gasteiger partial charge < -0.3 is 14.6 Å². The molecule has 2 heterocycles. The highest BCUT2D eigenvalue weighted by atomic mass is 16.7. The zero-order chi connectivity index (χ0) is 17.1. The lowest BCUT2D eigenvalue weighted by molar-refractivity contribution is -0.158. The normalized spacial score (nSPS) is 20.5. The highest BCUT2D eigenvalue weighted by Crippen LogP contribution is 2.27. The molecule has 2 atom stereocenters. The Morgan fingerprint density at radius 3 is 2.76 bits per heavy atom. The summed E-state index contributed by atoms with van der Waals surface area (Å²) in [6, 6.07) is 14.1. The molecular weight excluding hydrogens is 316 g/mol. The first-order valence-corrected chi connectivity index (χ1v) is 8.55. The molecule has 0 bridgehead atoms. The van der Waals surface area contributed by atoms with E-state index in [9.17, 15) is 5.11 Å². The maximum atomic E-state index is 9.22. The number of hydrogen-bond donors (Lipinski definition) is 1. The Balaban J connectivity index is 1.49. The van der Waals surface area contributed by atoms with Crippen molar-refractivity contribution in [1.29, 1.82) is 0 Å². The fourth-order valence-electron chi connectivity index (χ4n) is 3.13. The minimum Gasteiger partial charge on any atom is -0.465 e. The van der Waals surface area contributed by atoms with Gasteiger partial charge in [0.05, 0.1) is 18.2 Å². The van der Waals surface area contributed by atoms with Crippen LogP contribution in [0.5, 0.6) is 5.75 Å². The van der Waals surface area contributed by atoms with Crippen LogP contribution in [0.15, 0.2) is 55.0 Å². The van der Waals surface area contributed by atoms with E-state index in [0.717, 1.165) is 47.0 Å². The van der Waals surface area contributed by atoms with E-state index in [1.807, 2.05) is 36.5 Å². The standard InChI is InChI=1S/C20H20N2O3/c23-12-18-2-1-3-20(25-18)24-17-7-4-14(5-8-17)15-6-9-19-16(10-15)11-21-13-22-19/h4-11,13,18,20,23H,1-3,12H2. The highest BCUT2D eigenvalue weighted by Gasteiger charge is 2.22. The summed E-state index contributed by atoms with van der Waals surface area (Å²) in [5.41, 5.74) is 3.16. The summed E-state index contributed by atoms with van der Waals surface area (Å²) in [5, 5.41) is 10.2. The van der Waals surface area contributed by atoms with Gasteiger partial charge in [-0.2, -0.15) is 0 Å². The van der Waals surface area contributed by atoms with Crippen LogP contribution in [-0.4, -0.2) is 34.1 Å². The van der Waals surface area contributed by atoms with E-state index >= 15 is 0 Å². The number of rotatable bonds is 4. The maximum absolute atomic E-state index is 9.22. The number of ether oxygens (including phenoxy) is 2. The van der Waals surface area contributed by atoms with Crippen LogP contribution < -0.4 is 4.74 Å².